The zero-order valence-electron chi connectivity index (χ0n) is 7.05. The molecule has 0 N–H and O–H groups in total. The van der Waals surface area contributed by atoms with Gasteiger partial charge >= 0.3 is 11.9 Å². The van der Waals surface area contributed by atoms with E-state index in [4.69, 9.17) is 0 Å². The number of hydrogen-bond donors (Lipinski definition) is 0. The van der Waals surface area contributed by atoms with Crippen LogP contribution in [-0.4, -0.2) is 27.6 Å². The van der Waals surface area contributed by atoms with Crippen molar-refractivity contribution >= 4 is 11.9 Å². The Morgan fingerprint density at radius 1 is 1.77 bits per heavy atom. The molecule has 70 valence electrons. The van der Waals surface area contributed by atoms with E-state index in [2.05, 4.69) is 9.72 Å². The number of rotatable bonds is 2. The fourth-order valence-electron chi connectivity index (χ4n) is 0.829. The minimum absolute atomic E-state index is 0.0725. The topological polar surface area (TPSA) is 87.3 Å². The molecule has 1 heterocycles. The Kier molecular flexibility index (Phi) is 2.27. The fraction of sp³-hybridized carbons (Fsp3) is 0.333. The first kappa shape index (κ1) is 9.17. The van der Waals surface area contributed by atoms with Crippen molar-refractivity contribution in [2.24, 2.45) is 7.05 Å². The van der Waals surface area contributed by atoms with Crippen LogP contribution in [0.1, 0.15) is 10.5 Å². The van der Waals surface area contributed by atoms with E-state index in [0.29, 0.717) is 0 Å². The van der Waals surface area contributed by atoms with Gasteiger partial charge in [0.05, 0.1) is 14.2 Å². The summed E-state index contributed by atoms with van der Waals surface area (Å²) in [5.41, 5.74) is -0.0725. The van der Waals surface area contributed by atoms with Crippen LogP contribution in [0.4, 0.5) is 5.95 Å². The smallest absolute Gasteiger partial charge is 0.435 e. The molecule has 7 nitrogen and oxygen atoms in total. The van der Waals surface area contributed by atoms with Crippen molar-refractivity contribution in [2.45, 2.75) is 0 Å². The van der Waals surface area contributed by atoms with Crippen LogP contribution in [-0.2, 0) is 11.8 Å². The first-order valence-electron chi connectivity index (χ1n) is 3.32. The Hall–Kier alpha value is -1.92. The number of methoxy groups -OCH3 is 1. The summed E-state index contributed by atoms with van der Waals surface area (Å²) in [6.45, 7) is 0. The van der Waals surface area contributed by atoms with Gasteiger partial charge in [-0.05, 0) is 4.92 Å². The monoisotopic (exact) mass is 185 g/mol. The number of nitro groups is 1. The van der Waals surface area contributed by atoms with E-state index in [9.17, 15) is 14.9 Å². The number of imidazole rings is 1. The highest BCUT2D eigenvalue weighted by Crippen LogP contribution is 2.09. The number of esters is 1. The SMILES string of the molecule is COC(=O)c1cn(C)c([N+](=O)[O-])n1. The molecule has 1 aromatic heterocycles. The van der Waals surface area contributed by atoms with Gasteiger partial charge in [0, 0.05) is 0 Å². The molecule has 0 unspecified atom stereocenters. The Balaban J connectivity index is 3.09. The van der Waals surface area contributed by atoms with E-state index < -0.39 is 10.9 Å². The van der Waals surface area contributed by atoms with Crippen LogP contribution in [0, 0.1) is 10.1 Å². The highest BCUT2D eigenvalue weighted by Gasteiger charge is 2.21. The Labute approximate surface area is 73.1 Å². The van der Waals surface area contributed by atoms with Crippen molar-refractivity contribution in [3.8, 4) is 0 Å². The van der Waals surface area contributed by atoms with Crippen LogP contribution in [0.5, 0.6) is 0 Å². The van der Waals surface area contributed by atoms with Gasteiger partial charge in [-0.15, -0.1) is 0 Å². The number of hydrogen-bond acceptors (Lipinski definition) is 5. The minimum atomic E-state index is -0.691. The second-order valence-corrected chi connectivity index (χ2v) is 2.29. The molecule has 0 saturated carbocycles. The molecule has 0 aromatic carbocycles. The molecule has 0 aliphatic heterocycles. The zero-order valence-corrected chi connectivity index (χ0v) is 7.05. The molecule has 1 rings (SSSR count). The van der Waals surface area contributed by atoms with Crippen molar-refractivity contribution in [2.75, 3.05) is 7.11 Å². The van der Waals surface area contributed by atoms with E-state index in [1.54, 1.807) is 0 Å². The molecule has 0 fully saturated rings. The molecule has 0 amide bonds. The van der Waals surface area contributed by atoms with Gasteiger partial charge in [0.25, 0.3) is 5.69 Å². The maximum atomic E-state index is 10.9. The average molecular weight is 185 g/mol. The lowest BCUT2D eigenvalue weighted by Crippen LogP contribution is -2.01. The van der Waals surface area contributed by atoms with Crippen molar-refractivity contribution in [1.29, 1.82) is 0 Å². The fourth-order valence-corrected chi connectivity index (χ4v) is 0.829. The van der Waals surface area contributed by atoms with Crippen molar-refractivity contribution < 1.29 is 14.5 Å². The summed E-state index contributed by atoms with van der Waals surface area (Å²) in [5, 5.41) is 10.3. The van der Waals surface area contributed by atoms with Crippen molar-refractivity contribution in [3.05, 3.63) is 22.0 Å². The number of carbonyl (C=O) groups is 1. The normalized spacial score (nSPS) is 9.69. The number of ether oxygens (including phenoxy) is 1. The Morgan fingerprint density at radius 3 is 2.77 bits per heavy atom. The molecule has 0 spiro atoms. The largest absolute Gasteiger partial charge is 0.463 e. The molecule has 0 bridgehead atoms. The maximum absolute atomic E-state index is 10.9. The maximum Gasteiger partial charge on any atom is 0.435 e. The van der Waals surface area contributed by atoms with Gasteiger partial charge in [-0.2, -0.15) is 0 Å². The number of nitrogens with zero attached hydrogens (tertiary/aromatic N) is 3. The number of carbonyl (C=O) groups excluding carboxylic acids is 1. The van der Waals surface area contributed by atoms with Crippen LogP contribution in [0.2, 0.25) is 0 Å². The quantitative estimate of drug-likeness (QED) is 0.371. The lowest BCUT2D eigenvalue weighted by atomic mass is 10.5. The highest BCUT2D eigenvalue weighted by atomic mass is 16.6. The van der Waals surface area contributed by atoms with Gasteiger partial charge in [-0.25, -0.2) is 9.36 Å². The average Bonchev–Trinajstić information content (AvgIpc) is 2.46. The molecule has 0 aliphatic carbocycles. The van der Waals surface area contributed by atoms with E-state index >= 15 is 0 Å². The number of aryl methyl sites for hydroxylation is 1. The summed E-state index contributed by atoms with van der Waals surface area (Å²) >= 11 is 0. The molecule has 0 radical (unpaired) electrons. The molecular weight excluding hydrogens is 178 g/mol. The van der Waals surface area contributed by atoms with E-state index in [-0.39, 0.29) is 11.6 Å². The summed E-state index contributed by atoms with van der Waals surface area (Å²) in [7, 11) is 2.61. The van der Waals surface area contributed by atoms with Crippen LogP contribution in [0.3, 0.4) is 0 Å². The Morgan fingerprint density at radius 2 is 2.38 bits per heavy atom. The van der Waals surface area contributed by atoms with Crippen LogP contribution in [0.25, 0.3) is 0 Å². The third kappa shape index (κ3) is 1.63. The molecule has 1 aromatic rings. The molecule has 13 heavy (non-hydrogen) atoms. The molecule has 7 heteroatoms. The van der Waals surface area contributed by atoms with Gasteiger partial charge in [0.15, 0.2) is 0 Å². The predicted octanol–water partition coefficient (Wildman–Crippen LogP) is 0.115. The van der Waals surface area contributed by atoms with Gasteiger partial charge in [-0.1, -0.05) is 4.98 Å². The first-order valence-corrected chi connectivity index (χ1v) is 3.32. The van der Waals surface area contributed by atoms with Crippen LogP contribution >= 0.6 is 0 Å². The van der Waals surface area contributed by atoms with E-state index in [1.807, 2.05) is 0 Å². The summed E-state index contributed by atoms with van der Waals surface area (Å²) in [6.07, 6.45) is 1.24. The highest BCUT2D eigenvalue weighted by molar-refractivity contribution is 5.87. The summed E-state index contributed by atoms with van der Waals surface area (Å²) in [5.74, 6) is -1.08. The van der Waals surface area contributed by atoms with Crippen LogP contribution in [0.15, 0.2) is 6.20 Å². The first-order chi connectivity index (χ1) is 6.06. The van der Waals surface area contributed by atoms with Gasteiger partial charge < -0.3 is 14.9 Å². The molecule has 0 atom stereocenters. The summed E-state index contributed by atoms with van der Waals surface area (Å²) < 4.78 is 5.49. The van der Waals surface area contributed by atoms with E-state index in [0.717, 1.165) is 4.57 Å². The molecule has 0 aliphatic rings. The predicted molar refractivity (Wildman–Crippen MR) is 41.2 cm³/mol. The third-order valence-corrected chi connectivity index (χ3v) is 1.41. The standard InChI is InChI=1S/C6H7N3O4/c1-8-3-4(5(10)13-2)7-6(8)9(11)12/h3H,1-2H3. The molecular formula is C6H7N3O4. The van der Waals surface area contributed by atoms with Gasteiger partial charge in [0.2, 0.25) is 0 Å². The van der Waals surface area contributed by atoms with E-state index in [1.165, 1.54) is 20.4 Å². The van der Waals surface area contributed by atoms with Gasteiger partial charge in [-0.3, -0.25) is 0 Å². The minimum Gasteiger partial charge on any atom is -0.463 e. The summed E-state index contributed by atoms with van der Waals surface area (Å²) in [6, 6.07) is 0. The zero-order chi connectivity index (χ0) is 10.0. The third-order valence-electron chi connectivity index (χ3n) is 1.41. The lowest BCUT2D eigenvalue weighted by molar-refractivity contribution is -0.396. The second-order valence-electron chi connectivity index (χ2n) is 2.29. The van der Waals surface area contributed by atoms with Crippen molar-refractivity contribution in [3.63, 3.8) is 0 Å². The number of aromatic nitrogens is 2. The lowest BCUT2D eigenvalue weighted by Gasteiger charge is -1.90. The van der Waals surface area contributed by atoms with Crippen LogP contribution < -0.4 is 0 Å². The second kappa shape index (κ2) is 3.21. The van der Waals surface area contributed by atoms with Gasteiger partial charge in [0.1, 0.15) is 6.20 Å². The molecule has 0 saturated heterocycles. The van der Waals surface area contributed by atoms with Crippen molar-refractivity contribution in [1.82, 2.24) is 9.55 Å². The Bertz CT molecular complexity index is 357. The summed E-state index contributed by atoms with van der Waals surface area (Å²) in [4.78, 5) is 24.0.